The van der Waals surface area contributed by atoms with Gasteiger partial charge in [-0.3, -0.25) is 0 Å². The second-order valence-electron chi connectivity index (χ2n) is 8.30. The van der Waals surface area contributed by atoms with Crippen LogP contribution in [0, 0.1) is 0 Å². The first-order chi connectivity index (χ1) is 11.9. The Bertz CT molecular complexity index is 318. The number of rotatable bonds is 18. The molecular formula is C21H43NO3. The summed E-state index contributed by atoms with van der Waals surface area (Å²) >= 11 is 0. The Kier molecular flexibility index (Phi) is 15.2. The molecule has 0 heterocycles. The van der Waals surface area contributed by atoms with Crippen LogP contribution in [0.3, 0.4) is 0 Å². The quantitative estimate of drug-likeness (QED) is 0.301. The van der Waals surface area contributed by atoms with E-state index in [-0.39, 0.29) is 12.5 Å². The number of likely N-dealkylation sites (N-methyl/N-ethyl adjacent to an activating group) is 1. The lowest BCUT2D eigenvalue weighted by Crippen LogP contribution is -2.46. The van der Waals surface area contributed by atoms with Crippen LogP contribution in [0.25, 0.3) is 0 Å². The van der Waals surface area contributed by atoms with Gasteiger partial charge in [0.25, 0.3) is 0 Å². The van der Waals surface area contributed by atoms with Gasteiger partial charge in [-0.25, -0.2) is 0 Å². The molecule has 0 amide bonds. The van der Waals surface area contributed by atoms with E-state index in [1.54, 1.807) is 0 Å². The number of nitrogens with zero attached hydrogens (tertiary/aromatic N) is 1. The Morgan fingerprint density at radius 3 is 1.96 bits per heavy atom. The zero-order chi connectivity index (χ0) is 19.0. The van der Waals surface area contributed by atoms with E-state index in [4.69, 9.17) is 0 Å². The lowest BCUT2D eigenvalue weighted by atomic mass is 10.0. The number of carboxylic acids is 1. The van der Waals surface area contributed by atoms with Crippen LogP contribution >= 0.6 is 0 Å². The molecule has 1 atom stereocenters. The van der Waals surface area contributed by atoms with E-state index in [0.29, 0.717) is 6.42 Å². The third kappa shape index (κ3) is 18.0. The molecule has 0 aliphatic heterocycles. The van der Waals surface area contributed by atoms with Crippen LogP contribution in [0.5, 0.6) is 0 Å². The van der Waals surface area contributed by atoms with Gasteiger partial charge < -0.3 is 19.5 Å². The van der Waals surface area contributed by atoms with Crippen LogP contribution in [0.2, 0.25) is 0 Å². The molecule has 1 N–H and O–H groups in total. The molecule has 0 fully saturated rings. The second-order valence-corrected chi connectivity index (χ2v) is 8.30. The minimum atomic E-state index is -0.954. The van der Waals surface area contributed by atoms with E-state index in [0.717, 1.165) is 43.3 Å². The van der Waals surface area contributed by atoms with Crippen molar-refractivity contribution in [2.45, 2.75) is 103 Å². The van der Waals surface area contributed by atoms with E-state index >= 15 is 0 Å². The smallest absolute Gasteiger partial charge is 0.105 e. The van der Waals surface area contributed by atoms with E-state index < -0.39 is 5.97 Å². The summed E-state index contributed by atoms with van der Waals surface area (Å²) in [6.07, 6.45) is 15.3. The van der Waals surface area contributed by atoms with E-state index in [2.05, 4.69) is 21.0 Å². The number of carbonyl (C=O) groups excluding carboxylic acids is 1. The molecule has 0 aromatic rings. The average Bonchev–Trinajstić information content (AvgIpc) is 2.52. The lowest BCUT2D eigenvalue weighted by Gasteiger charge is -2.32. The summed E-state index contributed by atoms with van der Waals surface area (Å²) < 4.78 is 0.809. The van der Waals surface area contributed by atoms with Crippen molar-refractivity contribution in [3.8, 4) is 0 Å². The Morgan fingerprint density at radius 2 is 1.40 bits per heavy atom. The number of aliphatic carboxylic acids is 1. The predicted molar refractivity (Wildman–Crippen MR) is 103 cm³/mol. The summed E-state index contributed by atoms with van der Waals surface area (Å²) in [5.74, 6) is -0.954. The summed E-state index contributed by atoms with van der Waals surface area (Å²) in [6.45, 7) is 4.03. The normalized spacial score (nSPS) is 13.1. The van der Waals surface area contributed by atoms with Gasteiger partial charge in [0.1, 0.15) is 12.6 Å². The number of hydrogen-bond acceptors (Lipinski definition) is 3. The molecular weight excluding hydrogens is 314 g/mol. The van der Waals surface area contributed by atoms with Gasteiger partial charge in [-0.05, 0) is 32.1 Å². The molecule has 1 unspecified atom stereocenters. The second kappa shape index (κ2) is 15.6. The standard InChI is InChI=1S/C21H43NO3/c1-4-5-6-7-8-9-10-11-13-16-20(23)19-22(2,3)18-15-12-14-17-21(24)25/h20,23H,4-19H2,1-3H3. The van der Waals surface area contributed by atoms with Gasteiger partial charge in [0.05, 0.1) is 20.6 Å². The van der Waals surface area contributed by atoms with Gasteiger partial charge in [0.15, 0.2) is 0 Å². The molecule has 0 aromatic carbocycles. The fourth-order valence-corrected chi connectivity index (χ4v) is 3.43. The number of quaternary nitrogens is 1. The fraction of sp³-hybridized carbons (Fsp3) is 0.952. The van der Waals surface area contributed by atoms with Crippen LogP contribution in [0.1, 0.15) is 96.8 Å². The molecule has 4 heteroatoms. The lowest BCUT2D eigenvalue weighted by molar-refractivity contribution is -0.893. The van der Waals surface area contributed by atoms with Crippen molar-refractivity contribution in [2.24, 2.45) is 0 Å². The van der Waals surface area contributed by atoms with Crippen molar-refractivity contribution >= 4 is 5.97 Å². The molecule has 0 saturated carbocycles. The zero-order valence-electron chi connectivity index (χ0n) is 17.1. The maximum atomic E-state index is 10.4. The van der Waals surface area contributed by atoms with Crippen molar-refractivity contribution in [3.63, 3.8) is 0 Å². The Hall–Kier alpha value is -0.610. The largest absolute Gasteiger partial charge is 0.550 e. The summed E-state index contributed by atoms with van der Waals surface area (Å²) in [5, 5.41) is 20.6. The van der Waals surface area contributed by atoms with Crippen molar-refractivity contribution in [1.82, 2.24) is 0 Å². The van der Waals surface area contributed by atoms with E-state index in [9.17, 15) is 15.0 Å². The van der Waals surface area contributed by atoms with E-state index in [1.807, 2.05) is 0 Å². The number of carboxylic acid groups (broad SMARTS) is 1. The molecule has 0 spiro atoms. The first-order valence-corrected chi connectivity index (χ1v) is 10.6. The van der Waals surface area contributed by atoms with E-state index in [1.165, 1.54) is 51.4 Å². The molecule has 25 heavy (non-hydrogen) atoms. The minimum absolute atomic E-state index is 0.161. The zero-order valence-corrected chi connectivity index (χ0v) is 17.1. The highest BCUT2D eigenvalue weighted by atomic mass is 16.4. The third-order valence-corrected chi connectivity index (χ3v) is 4.99. The Balaban J connectivity index is 3.55. The van der Waals surface area contributed by atoms with Crippen LogP contribution in [0.4, 0.5) is 0 Å². The van der Waals surface area contributed by atoms with Crippen molar-refractivity contribution in [2.75, 3.05) is 27.2 Å². The average molecular weight is 358 g/mol. The van der Waals surface area contributed by atoms with Crippen LogP contribution in [-0.4, -0.2) is 48.8 Å². The summed E-state index contributed by atoms with van der Waals surface area (Å²) in [5.41, 5.74) is 0. The first kappa shape index (κ1) is 24.4. The van der Waals surface area contributed by atoms with Crippen LogP contribution in [-0.2, 0) is 4.79 Å². The topological polar surface area (TPSA) is 60.4 Å². The highest BCUT2D eigenvalue weighted by Crippen LogP contribution is 2.13. The monoisotopic (exact) mass is 357 g/mol. The highest BCUT2D eigenvalue weighted by molar-refractivity contribution is 5.63. The third-order valence-electron chi connectivity index (χ3n) is 4.99. The summed E-state index contributed by atoms with van der Waals surface area (Å²) in [4.78, 5) is 10.4. The minimum Gasteiger partial charge on any atom is -0.550 e. The number of unbranched alkanes of at least 4 members (excludes halogenated alkanes) is 10. The molecule has 0 aromatic heterocycles. The van der Waals surface area contributed by atoms with Crippen molar-refractivity contribution < 1.29 is 19.5 Å². The van der Waals surface area contributed by atoms with Gasteiger partial charge >= 0.3 is 0 Å². The Morgan fingerprint density at radius 1 is 0.880 bits per heavy atom. The number of aliphatic hydroxyl groups is 1. The maximum absolute atomic E-state index is 10.4. The molecule has 0 radical (unpaired) electrons. The van der Waals surface area contributed by atoms with Gasteiger partial charge in [-0.15, -0.1) is 0 Å². The van der Waals surface area contributed by atoms with Crippen LogP contribution in [0.15, 0.2) is 0 Å². The summed E-state index contributed by atoms with van der Waals surface area (Å²) in [7, 11) is 4.30. The number of hydrogen-bond donors (Lipinski definition) is 1. The van der Waals surface area contributed by atoms with Crippen molar-refractivity contribution in [3.05, 3.63) is 0 Å². The Labute approximate surface area is 156 Å². The molecule has 0 rings (SSSR count). The summed E-state index contributed by atoms with van der Waals surface area (Å²) in [6, 6.07) is 0. The van der Waals surface area contributed by atoms with Gasteiger partial charge in [0.2, 0.25) is 0 Å². The molecule has 0 saturated heterocycles. The highest BCUT2D eigenvalue weighted by Gasteiger charge is 2.19. The van der Waals surface area contributed by atoms with Gasteiger partial charge in [-0.1, -0.05) is 64.7 Å². The number of carbonyl (C=O) groups is 1. The van der Waals surface area contributed by atoms with Gasteiger partial charge in [0, 0.05) is 5.97 Å². The van der Waals surface area contributed by atoms with Crippen LogP contribution < -0.4 is 5.11 Å². The molecule has 0 aliphatic rings. The fourth-order valence-electron chi connectivity index (χ4n) is 3.43. The first-order valence-electron chi connectivity index (χ1n) is 10.6. The molecule has 0 aliphatic carbocycles. The number of aliphatic hydroxyl groups excluding tert-OH is 1. The maximum Gasteiger partial charge on any atom is 0.105 e. The molecule has 0 bridgehead atoms. The SMILES string of the molecule is CCCCCCCCCCCC(O)C[N+](C)(C)CCCCCC(=O)[O-]. The predicted octanol–water partition coefficient (Wildman–Crippen LogP) is 3.65. The van der Waals surface area contributed by atoms with Gasteiger partial charge in [-0.2, -0.15) is 0 Å². The molecule has 150 valence electrons. The van der Waals surface area contributed by atoms with Crippen molar-refractivity contribution in [1.29, 1.82) is 0 Å². The molecule has 4 nitrogen and oxygen atoms in total.